The van der Waals surface area contributed by atoms with E-state index >= 15 is 0 Å². The molecule has 0 radical (unpaired) electrons. The maximum atomic E-state index is 12.0. The molecule has 5 heteroatoms. The van der Waals surface area contributed by atoms with E-state index in [2.05, 4.69) is 10.6 Å². The summed E-state index contributed by atoms with van der Waals surface area (Å²) in [6, 6.07) is 7.54. The molecular formula is C19H26N2O3. The lowest BCUT2D eigenvalue weighted by molar-refractivity contribution is -0.126. The van der Waals surface area contributed by atoms with E-state index in [0.29, 0.717) is 5.56 Å². The molecule has 1 aromatic carbocycles. The lowest BCUT2D eigenvalue weighted by atomic mass is 9.95. The molecule has 2 rings (SSSR count). The number of hydrogen-bond acceptors (Lipinski definition) is 3. The summed E-state index contributed by atoms with van der Waals surface area (Å²) in [6.07, 6.45) is 5.83. The fourth-order valence-corrected chi connectivity index (χ4v) is 2.90. The first-order chi connectivity index (χ1) is 11.5. The molecule has 0 bridgehead atoms. The van der Waals surface area contributed by atoms with Crippen LogP contribution in [-0.4, -0.2) is 30.2 Å². The van der Waals surface area contributed by atoms with Gasteiger partial charge in [-0.25, -0.2) is 0 Å². The highest BCUT2D eigenvalue weighted by molar-refractivity contribution is 5.98. The second kappa shape index (κ2) is 9.21. The standard InChI is InChI=1S/C19H26N2O3/c1-14-7-9-15(10-8-14)17(22)11-12-18(23)20-13-19(24)21-16-5-3-2-4-6-16/h7-10,16H,2-6,11-13H2,1H3,(H,20,23)(H,21,24). The Morgan fingerprint density at radius 3 is 2.29 bits per heavy atom. The monoisotopic (exact) mass is 330 g/mol. The van der Waals surface area contributed by atoms with Crippen molar-refractivity contribution in [2.45, 2.75) is 57.9 Å². The number of aryl methyl sites for hydroxylation is 1. The van der Waals surface area contributed by atoms with Gasteiger partial charge in [-0.15, -0.1) is 0 Å². The molecule has 0 aliphatic heterocycles. The van der Waals surface area contributed by atoms with Gasteiger partial charge in [-0.3, -0.25) is 14.4 Å². The second-order valence-corrected chi connectivity index (χ2v) is 6.47. The minimum atomic E-state index is -0.269. The van der Waals surface area contributed by atoms with Crippen LogP contribution in [0.5, 0.6) is 0 Å². The van der Waals surface area contributed by atoms with Crippen LogP contribution in [0.2, 0.25) is 0 Å². The lowest BCUT2D eigenvalue weighted by Gasteiger charge is -2.22. The Labute approximate surface area is 143 Å². The molecule has 1 aliphatic rings. The van der Waals surface area contributed by atoms with Gasteiger partial charge in [-0.1, -0.05) is 49.1 Å². The maximum Gasteiger partial charge on any atom is 0.239 e. The Kier molecular flexibility index (Phi) is 6.97. The molecule has 1 aliphatic carbocycles. The van der Waals surface area contributed by atoms with Crippen molar-refractivity contribution in [3.05, 3.63) is 35.4 Å². The largest absolute Gasteiger partial charge is 0.352 e. The van der Waals surface area contributed by atoms with Crippen molar-refractivity contribution in [2.75, 3.05) is 6.54 Å². The molecule has 1 fully saturated rings. The molecule has 2 amide bonds. The summed E-state index contributed by atoms with van der Waals surface area (Å²) in [7, 11) is 0. The van der Waals surface area contributed by atoms with E-state index in [1.165, 1.54) is 6.42 Å². The third kappa shape index (κ3) is 6.14. The molecular weight excluding hydrogens is 304 g/mol. The predicted octanol–water partition coefficient (Wildman–Crippen LogP) is 2.52. The van der Waals surface area contributed by atoms with Gasteiger partial charge < -0.3 is 10.6 Å². The highest BCUT2D eigenvalue weighted by Gasteiger charge is 2.16. The van der Waals surface area contributed by atoms with E-state index in [9.17, 15) is 14.4 Å². The van der Waals surface area contributed by atoms with E-state index < -0.39 is 0 Å². The normalized spacial score (nSPS) is 14.9. The summed E-state index contributed by atoms with van der Waals surface area (Å²) in [5.41, 5.74) is 1.71. The van der Waals surface area contributed by atoms with E-state index in [1.54, 1.807) is 12.1 Å². The number of ketones is 1. The second-order valence-electron chi connectivity index (χ2n) is 6.47. The summed E-state index contributed by atoms with van der Waals surface area (Å²) >= 11 is 0. The van der Waals surface area contributed by atoms with E-state index in [0.717, 1.165) is 31.2 Å². The quantitative estimate of drug-likeness (QED) is 0.754. The molecule has 0 atom stereocenters. The molecule has 24 heavy (non-hydrogen) atoms. The number of rotatable bonds is 7. The van der Waals surface area contributed by atoms with Crippen molar-refractivity contribution in [3.8, 4) is 0 Å². The van der Waals surface area contributed by atoms with Gasteiger partial charge in [0.2, 0.25) is 11.8 Å². The number of benzene rings is 1. The van der Waals surface area contributed by atoms with Crippen LogP contribution in [0.3, 0.4) is 0 Å². The molecule has 0 unspecified atom stereocenters. The molecule has 0 saturated heterocycles. The summed E-state index contributed by atoms with van der Waals surface area (Å²) < 4.78 is 0. The predicted molar refractivity (Wildman–Crippen MR) is 92.8 cm³/mol. The third-order valence-electron chi connectivity index (χ3n) is 4.37. The number of hydrogen-bond donors (Lipinski definition) is 2. The first-order valence-corrected chi connectivity index (χ1v) is 8.70. The fraction of sp³-hybridized carbons (Fsp3) is 0.526. The average molecular weight is 330 g/mol. The number of Topliss-reactive ketones (excluding diaryl/α,β-unsaturated/α-hetero) is 1. The summed E-state index contributed by atoms with van der Waals surface area (Å²) in [5, 5.41) is 5.53. The summed E-state index contributed by atoms with van der Waals surface area (Å²) in [4.78, 5) is 35.6. The van der Waals surface area contributed by atoms with Gasteiger partial charge in [-0.05, 0) is 19.8 Å². The van der Waals surface area contributed by atoms with E-state index in [1.807, 2.05) is 19.1 Å². The molecule has 0 heterocycles. The third-order valence-corrected chi connectivity index (χ3v) is 4.37. The zero-order valence-corrected chi connectivity index (χ0v) is 14.3. The van der Waals surface area contributed by atoms with Gasteiger partial charge >= 0.3 is 0 Å². The van der Waals surface area contributed by atoms with Crippen molar-refractivity contribution in [3.63, 3.8) is 0 Å². The Hall–Kier alpha value is -2.17. The van der Waals surface area contributed by atoms with Crippen molar-refractivity contribution < 1.29 is 14.4 Å². The lowest BCUT2D eigenvalue weighted by Crippen LogP contribution is -2.42. The molecule has 5 nitrogen and oxygen atoms in total. The van der Waals surface area contributed by atoms with Crippen molar-refractivity contribution in [2.24, 2.45) is 0 Å². The van der Waals surface area contributed by atoms with Crippen LogP contribution < -0.4 is 10.6 Å². The van der Waals surface area contributed by atoms with Crippen LogP contribution in [0.1, 0.15) is 60.9 Å². The smallest absolute Gasteiger partial charge is 0.239 e. The maximum absolute atomic E-state index is 12.0. The Balaban J connectivity index is 1.64. The minimum Gasteiger partial charge on any atom is -0.352 e. The molecule has 1 saturated carbocycles. The zero-order valence-electron chi connectivity index (χ0n) is 14.3. The highest BCUT2D eigenvalue weighted by Crippen LogP contribution is 2.17. The fourth-order valence-electron chi connectivity index (χ4n) is 2.90. The van der Waals surface area contributed by atoms with Crippen LogP contribution >= 0.6 is 0 Å². The Morgan fingerprint density at radius 2 is 1.62 bits per heavy atom. The van der Waals surface area contributed by atoms with Gasteiger partial charge in [0.25, 0.3) is 0 Å². The van der Waals surface area contributed by atoms with E-state index in [-0.39, 0.29) is 43.0 Å². The van der Waals surface area contributed by atoms with Gasteiger partial charge in [0.1, 0.15) is 0 Å². The van der Waals surface area contributed by atoms with Crippen LogP contribution in [0, 0.1) is 6.92 Å². The SMILES string of the molecule is Cc1ccc(C(=O)CCC(=O)NCC(=O)NC2CCCCC2)cc1. The first-order valence-electron chi connectivity index (χ1n) is 8.70. The topological polar surface area (TPSA) is 75.3 Å². The van der Waals surface area contributed by atoms with Gasteiger partial charge in [0.05, 0.1) is 6.54 Å². The van der Waals surface area contributed by atoms with Gasteiger partial charge in [-0.2, -0.15) is 0 Å². The highest BCUT2D eigenvalue weighted by atomic mass is 16.2. The van der Waals surface area contributed by atoms with Crippen LogP contribution in [0.25, 0.3) is 0 Å². The minimum absolute atomic E-state index is 0.0198. The van der Waals surface area contributed by atoms with Crippen LogP contribution in [0.4, 0.5) is 0 Å². The van der Waals surface area contributed by atoms with E-state index in [4.69, 9.17) is 0 Å². The number of nitrogens with one attached hydrogen (secondary N) is 2. The van der Waals surface area contributed by atoms with Gasteiger partial charge in [0, 0.05) is 24.4 Å². The molecule has 130 valence electrons. The molecule has 0 aromatic heterocycles. The molecule has 0 spiro atoms. The first kappa shape index (κ1) is 18.2. The Morgan fingerprint density at radius 1 is 0.958 bits per heavy atom. The van der Waals surface area contributed by atoms with Crippen molar-refractivity contribution in [1.82, 2.24) is 10.6 Å². The van der Waals surface area contributed by atoms with Crippen LogP contribution in [0.15, 0.2) is 24.3 Å². The molecule has 1 aromatic rings. The summed E-state index contributed by atoms with van der Waals surface area (Å²) in [5.74, 6) is -0.480. The zero-order chi connectivity index (χ0) is 17.4. The number of amides is 2. The summed E-state index contributed by atoms with van der Waals surface area (Å²) in [6.45, 7) is 1.94. The van der Waals surface area contributed by atoms with Crippen LogP contribution in [-0.2, 0) is 9.59 Å². The van der Waals surface area contributed by atoms with Crippen molar-refractivity contribution in [1.29, 1.82) is 0 Å². The Bertz CT molecular complexity index is 575. The average Bonchev–Trinajstić information content (AvgIpc) is 2.59. The number of carbonyl (C=O) groups is 3. The number of carbonyl (C=O) groups excluding carboxylic acids is 3. The molecule has 2 N–H and O–H groups in total. The van der Waals surface area contributed by atoms with Gasteiger partial charge in [0.15, 0.2) is 5.78 Å². The van der Waals surface area contributed by atoms with Crippen molar-refractivity contribution >= 4 is 17.6 Å².